The molecule has 1 aromatic heterocycles. The predicted molar refractivity (Wildman–Crippen MR) is 125 cm³/mol. The Labute approximate surface area is 182 Å². The minimum absolute atomic E-state index is 0.290. The highest BCUT2D eigenvalue weighted by Crippen LogP contribution is 2.21. The van der Waals surface area contributed by atoms with Crippen LogP contribution in [0.15, 0.2) is 78.6 Å². The number of likely N-dealkylation sites (tertiary alicyclic amines) is 1. The fraction of sp³-hybridized carbons (Fsp3) is 0.261. The van der Waals surface area contributed by atoms with E-state index in [2.05, 4.69) is 56.6 Å². The molecule has 2 aromatic rings. The van der Waals surface area contributed by atoms with Gasteiger partial charge in [0.05, 0.1) is 23.8 Å². The molecule has 1 atom stereocenters. The van der Waals surface area contributed by atoms with Gasteiger partial charge >= 0.3 is 0 Å². The maximum absolute atomic E-state index is 6.07. The number of H-pyrrole nitrogens is 1. The zero-order valence-electron chi connectivity index (χ0n) is 17.0. The Morgan fingerprint density at radius 2 is 2.17 bits per heavy atom. The van der Waals surface area contributed by atoms with Crippen molar-refractivity contribution in [3.05, 3.63) is 84.3 Å². The Morgan fingerprint density at radius 3 is 3.00 bits per heavy atom. The van der Waals surface area contributed by atoms with Crippen LogP contribution in [0, 0.1) is 0 Å². The topological polar surface area (TPSA) is 67.5 Å². The van der Waals surface area contributed by atoms with Crippen molar-refractivity contribution >= 4 is 28.2 Å². The lowest BCUT2D eigenvalue weighted by molar-refractivity contribution is 0.250. The van der Waals surface area contributed by atoms with E-state index in [1.807, 2.05) is 18.2 Å². The first-order valence-electron chi connectivity index (χ1n) is 10.1. The Hall–Kier alpha value is -3.12. The number of aliphatic imine (C=N–C) groups is 1. The first-order valence-corrected chi connectivity index (χ1v) is 10.5. The number of aromatic amines is 1. The summed E-state index contributed by atoms with van der Waals surface area (Å²) in [4.78, 5) is 10.1. The van der Waals surface area contributed by atoms with Gasteiger partial charge in [0, 0.05) is 53.2 Å². The van der Waals surface area contributed by atoms with Crippen molar-refractivity contribution in [3.63, 3.8) is 0 Å². The Morgan fingerprint density at radius 1 is 1.30 bits per heavy atom. The number of aromatic nitrogens is 1. The average molecular weight is 423 g/mol. The third-order valence-corrected chi connectivity index (χ3v) is 5.64. The molecule has 4 N–H and O–H groups in total. The van der Waals surface area contributed by atoms with Crippen molar-refractivity contribution in [2.45, 2.75) is 25.4 Å². The molecule has 30 heavy (non-hydrogen) atoms. The summed E-state index contributed by atoms with van der Waals surface area (Å²) in [6.07, 6.45) is 5.67. The van der Waals surface area contributed by atoms with E-state index in [0.717, 1.165) is 70.5 Å². The van der Waals surface area contributed by atoms with E-state index in [1.54, 1.807) is 12.4 Å². The number of rotatable bonds is 7. The fourth-order valence-corrected chi connectivity index (χ4v) is 4.07. The van der Waals surface area contributed by atoms with Gasteiger partial charge in [-0.1, -0.05) is 31.3 Å². The molecule has 2 aliphatic rings. The van der Waals surface area contributed by atoms with Crippen molar-refractivity contribution in [3.8, 4) is 0 Å². The molecule has 0 spiro atoms. The van der Waals surface area contributed by atoms with Crippen molar-refractivity contribution in [1.82, 2.24) is 25.8 Å². The molecule has 6 nitrogen and oxygen atoms in total. The second kappa shape index (κ2) is 8.71. The molecular formula is C23H27ClN6. The Bertz CT molecular complexity index is 1050. The number of halogens is 1. The van der Waals surface area contributed by atoms with Crippen LogP contribution in [0.4, 0.5) is 0 Å². The van der Waals surface area contributed by atoms with Crippen molar-refractivity contribution in [2.24, 2.45) is 4.99 Å². The Kier molecular flexibility index (Phi) is 5.86. The molecular weight excluding hydrogens is 396 g/mol. The van der Waals surface area contributed by atoms with Crippen LogP contribution in [0.2, 0.25) is 5.02 Å². The quantitative estimate of drug-likeness (QED) is 0.545. The van der Waals surface area contributed by atoms with E-state index in [4.69, 9.17) is 11.6 Å². The smallest absolute Gasteiger partial charge is 0.109 e. The minimum Gasteiger partial charge on any atom is -0.368 e. The molecule has 156 valence electrons. The van der Waals surface area contributed by atoms with Gasteiger partial charge in [-0.05, 0) is 37.1 Å². The second-order valence-corrected chi connectivity index (χ2v) is 8.09. The predicted octanol–water partition coefficient (Wildman–Crippen LogP) is 3.98. The maximum atomic E-state index is 6.07. The zero-order chi connectivity index (χ0) is 21.1. The summed E-state index contributed by atoms with van der Waals surface area (Å²) in [5, 5.41) is 11.8. The molecule has 3 heterocycles. The van der Waals surface area contributed by atoms with Crippen LogP contribution in [-0.4, -0.2) is 34.7 Å². The van der Waals surface area contributed by atoms with Crippen molar-refractivity contribution in [1.29, 1.82) is 0 Å². The van der Waals surface area contributed by atoms with Gasteiger partial charge in [0.1, 0.15) is 5.71 Å². The number of piperidine rings is 1. The van der Waals surface area contributed by atoms with Crippen LogP contribution < -0.4 is 16.0 Å². The summed E-state index contributed by atoms with van der Waals surface area (Å²) in [5.41, 5.74) is 4.66. The first kappa shape index (κ1) is 20.2. The van der Waals surface area contributed by atoms with E-state index in [0.29, 0.717) is 6.54 Å². The fourth-order valence-electron chi connectivity index (χ4n) is 3.89. The molecule has 2 aliphatic heterocycles. The second-order valence-electron chi connectivity index (χ2n) is 7.65. The van der Waals surface area contributed by atoms with Crippen LogP contribution in [0.25, 0.3) is 10.9 Å². The maximum Gasteiger partial charge on any atom is 0.109 e. The summed E-state index contributed by atoms with van der Waals surface area (Å²) < 4.78 is 0. The van der Waals surface area contributed by atoms with Gasteiger partial charge in [-0.15, -0.1) is 0 Å². The standard InChI is InChI=1S/C23H27ClN6/c1-15-23(26-9-8-25-15)16(2)30-10-4-5-20(14-30)28-17(3)27-13-21-12-18-11-19(24)6-7-22(18)29-21/h6-9,11-12,20,25,27-29H,1-5,10,13-14H2. The summed E-state index contributed by atoms with van der Waals surface area (Å²) >= 11 is 6.07. The molecule has 7 heteroatoms. The summed E-state index contributed by atoms with van der Waals surface area (Å²) in [5.74, 6) is 0.813. The lowest BCUT2D eigenvalue weighted by Crippen LogP contribution is -2.47. The monoisotopic (exact) mass is 422 g/mol. The highest BCUT2D eigenvalue weighted by molar-refractivity contribution is 6.31. The molecule has 0 radical (unpaired) electrons. The van der Waals surface area contributed by atoms with Gasteiger partial charge in [-0.25, -0.2) is 0 Å². The lowest BCUT2D eigenvalue weighted by Gasteiger charge is -2.37. The Balaban J connectivity index is 1.30. The highest BCUT2D eigenvalue weighted by atomic mass is 35.5. The summed E-state index contributed by atoms with van der Waals surface area (Å²) in [6, 6.07) is 8.24. The highest BCUT2D eigenvalue weighted by Gasteiger charge is 2.24. The van der Waals surface area contributed by atoms with Gasteiger partial charge in [0.2, 0.25) is 0 Å². The zero-order valence-corrected chi connectivity index (χ0v) is 17.7. The van der Waals surface area contributed by atoms with Crippen molar-refractivity contribution in [2.75, 3.05) is 13.1 Å². The average Bonchev–Trinajstić information content (AvgIpc) is 3.14. The lowest BCUT2D eigenvalue weighted by atomic mass is 10.0. The third kappa shape index (κ3) is 4.54. The van der Waals surface area contributed by atoms with Gasteiger partial charge < -0.3 is 25.8 Å². The molecule has 4 rings (SSSR count). The van der Waals surface area contributed by atoms with E-state index < -0.39 is 0 Å². The van der Waals surface area contributed by atoms with Gasteiger partial charge in [-0.2, -0.15) is 0 Å². The minimum atomic E-state index is 0.290. The van der Waals surface area contributed by atoms with Crippen molar-refractivity contribution < 1.29 is 0 Å². The normalized spacial score (nSPS) is 18.7. The molecule has 1 fully saturated rings. The summed E-state index contributed by atoms with van der Waals surface area (Å²) in [6.45, 7) is 14.9. The number of fused-ring (bicyclic) bond motifs is 1. The van der Waals surface area contributed by atoms with Crippen LogP contribution in [0.3, 0.4) is 0 Å². The molecule has 0 saturated carbocycles. The molecule has 1 aromatic carbocycles. The number of hydrogen-bond donors (Lipinski definition) is 4. The molecule has 0 amide bonds. The van der Waals surface area contributed by atoms with Crippen LogP contribution in [0.5, 0.6) is 0 Å². The van der Waals surface area contributed by atoms with Crippen LogP contribution in [-0.2, 0) is 6.54 Å². The van der Waals surface area contributed by atoms with Gasteiger partial charge in [-0.3, -0.25) is 4.99 Å². The number of benzene rings is 1. The van der Waals surface area contributed by atoms with E-state index in [9.17, 15) is 0 Å². The molecule has 1 saturated heterocycles. The molecule has 1 unspecified atom stereocenters. The SMILES string of the molecule is C=C(NCc1cc2cc(Cl)ccc2[nH]1)NC1CCCN(C(=C)C2=NC=CNC2=C)C1. The van der Waals surface area contributed by atoms with E-state index in [-0.39, 0.29) is 6.04 Å². The van der Waals surface area contributed by atoms with E-state index in [1.165, 1.54) is 0 Å². The first-order chi connectivity index (χ1) is 14.5. The number of nitrogens with zero attached hydrogens (tertiary/aromatic N) is 2. The summed E-state index contributed by atoms with van der Waals surface area (Å²) in [7, 11) is 0. The molecule has 0 bridgehead atoms. The third-order valence-electron chi connectivity index (χ3n) is 5.41. The number of nitrogens with one attached hydrogen (secondary N) is 4. The number of hydrogen-bond acceptors (Lipinski definition) is 5. The largest absolute Gasteiger partial charge is 0.368 e. The van der Waals surface area contributed by atoms with Gasteiger partial charge in [0.25, 0.3) is 0 Å². The van der Waals surface area contributed by atoms with E-state index >= 15 is 0 Å². The van der Waals surface area contributed by atoms with Gasteiger partial charge in [0.15, 0.2) is 0 Å². The van der Waals surface area contributed by atoms with Crippen LogP contribution in [0.1, 0.15) is 18.5 Å². The molecule has 0 aliphatic carbocycles. The van der Waals surface area contributed by atoms with Crippen LogP contribution >= 0.6 is 11.6 Å².